The third-order valence-electron chi connectivity index (χ3n) is 3.15. The van der Waals surface area contributed by atoms with Crippen molar-refractivity contribution < 1.29 is 13.9 Å². The van der Waals surface area contributed by atoms with Gasteiger partial charge in [-0.1, -0.05) is 29.3 Å². The van der Waals surface area contributed by atoms with E-state index in [0.717, 1.165) is 0 Å². The fourth-order valence-corrected chi connectivity index (χ4v) is 2.70. The summed E-state index contributed by atoms with van der Waals surface area (Å²) in [5.74, 6) is 0.153. The van der Waals surface area contributed by atoms with Crippen LogP contribution in [0, 0.1) is 5.82 Å². The molecule has 2 aromatic rings. The van der Waals surface area contributed by atoms with E-state index in [2.05, 4.69) is 0 Å². The third-order valence-corrected chi connectivity index (χ3v) is 3.81. The average Bonchev–Trinajstić information content (AvgIpc) is 2.46. The van der Waals surface area contributed by atoms with Gasteiger partial charge >= 0.3 is 0 Å². The molecule has 0 heterocycles. The van der Waals surface area contributed by atoms with Gasteiger partial charge in [0.1, 0.15) is 5.82 Å². The first-order valence-corrected chi connectivity index (χ1v) is 6.86. The summed E-state index contributed by atoms with van der Waals surface area (Å²) < 4.78 is 24.5. The number of hydrogen-bond acceptors (Lipinski definition) is 3. The zero-order chi connectivity index (χ0) is 15.6. The Morgan fingerprint density at radius 1 is 1.05 bits per heavy atom. The van der Waals surface area contributed by atoms with Crippen molar-refractivity contribution >= 4 is 23.2 Å². The van der Waals surface area contributed by atoms with Crippen LogP contribution in [0.25, 0.3) is 0 Å². The highest BCUT2D eigenvalue weighted by Crippen LogP contribution is 2.37. The lowest BCUT2D eigenvalue weighted by atomic mass is 9.98. The predicted molar refractivity (Wildman–Crippen MR) is 82.0 cm³/mol. The van der Waals surface area contributed by atoms with Crippen molar-refractivity contribution in [1.29, 1.82) is 0 Å². The molecule has 0 aliphatic carbocycles. The van der Waals surface area contributed by atoms with Crippen molar-refractivity contribution in [2.24, 2.45) is 5.73 Å². The van der Waals surface area contributed by atoms with E-state index in [9.17, 15) is 4.39 Å². The Morgan fingerprint density at radius 2 is 1.57 bits per heavy atom. The lowest BCUT2D eigenvalue weighted by Gasteiger charge is -2.18. The molecule has 0 amide bonds. The smallest absolute Gasteiger partial charge is 0.163 e. The minimum atomic E-state index is -0.814. The number of rotatable bonds is 4. The summed E-state index contributed by atoms with van der Waals surface area (Å²) in [6, 6.07) is 6.90. The minimum absolute atomic E-state index is 0.225. The molecule has 112 valence electrons. The van der Waals surface area contributed by atoms with Gasteiger partial charge in [-0.3, -0.25) is 0 Å². The van der Waals surface area contributed by atoms with Gasteiger partial charge in [0.05, 0.1) is 20.3 Å². The van der Waals surface area contributed by atoms with E-state index >= 15 is 0 Å². The van der Waals surface area contributed by atoms with Gasteiger partial charge in [-0.2, -0.15) is 0 Å². The van der Waals surface area contributed by atoms with Crippen LogP contribution in [0.2, 0.25) is 10.0 Å². The summed E-state index contributed by atoms with van der Waals surface area (Å²) in [6.45, 7) is 0. The Morgan fingerprint density at radius 3 is 2.10 bits per heavy atom. The molecular weight excluding hydrogens is 316 g/mol. The molecule has 0 radical (unpaired) electrons. The Bertz CT molecular complexity index is 644. The number of halogens is 3. The SMILES string of the molecule is COc1cc(F)c(C(N)c2c(Cl)cccc2Cl)cc1OC. The van der Waals surface area contributed by atoms with Gasteiger partial charge in [0.25, 0.3) is 0 Å². The maximum atomic E-state index is 14.3. The predicted octanol–water partition coefficient (Wildman–Crippen LogP) is 4.20. The number of hydrogen-bond donors (Lipinski definition) is 1. The van der Waals surface area contributed by atoms with Crippen LogP contribution in [0.1, 0.15) is 17.2 Å². The van der Waals surface area contributed by atoms with Crippen LogP contribution in [0.3, 0.4) is 0 Å². The van der Waals surface area contributed by atoms with Gasteiger partial charge < -0.3 is 15.2 Å². The van der Waals surface area contributed by atoms with E-state index in [-0.39, 0.29) is 11.3 Å². The highest BCUT2D eigenvalue weighted by Gasteiger charge is 2.21. The second kappa shape index (κ2) is 6.52. The third kappa shape index (κ3) is 3.07. The molecule has 2 aromatic carbocycles. The monoisotopic (exact) mass is 329 g/mol. The Hall–Kier alpha value is -1.49. The van der Waals surface area contributed by atoms with Crippen LogP contribution in [0.4, 0.5) is 4.39 Å². The standard InChI is InChI=1S/C15H14Cl2FNO2/c1-20-12-6-8(11(18)7-13(12)21-2)15(19)14-9(16)4-3-5-10(14)17/h3-7,15H,19H2,1-2H3. The van der Waals surface area contributed by atoms with Gasteiger partial charge in [-0.05, 0) is 18.2 Å². The fraction of sp³-hybridized carbons (Fsp3) is 0.200. The van der Waals surface area contributed by atoms with Crippen molar-refractivity contribution in [3.8, 4) is 11.5 Å². The summed E-state index contributed by atoms with van der Waals surface area (Å²) in [5.41, 5.74) is 6.82. The van der Waals surface area contributed by atoms with E-state index in [1.165, 1.54) is 26.4 Å². The van der Waals surface area contributed by atoms with Crippen LogP contribution in [-0.2, 0) is 0 Å². The molecule has 1 atom stereocenters. The van der Waals surface area contributed by atoms with Crippen molar-refractivity contribution in [2.45, 2.75) is 6.04 Å². The van der Waals surface area contributed by atoms with E-state index in [4.69, 9.17) is 38.4 Å². The van der Waals surface area contributed by atoms with E-state index < -0.39 is 11.9 Å². The molecule has 21 heavy (non-hydrogen) atoms. The Balaban J connectivity index is 2.56. The molecule has 0 bridgehead atoms. The van der Waals surface area contributed by atoms with Gasteiger partial charge in [0.2, 0.25) is 0 Å². The number of methoxy groups -OCH3 is 2. The molecule has 0 aliphatic heterocycles. The Kier molecular flexibility index (Phi) is 4.93. The van der Waals surface area contributed by atoms with Gasteiger partial charge in [0, 0.05) is 27.2 Å². The maximum absolute atomic E-state index is 14.3. The molecule has 6 heteroatoms. The number of ether oxygens (including phenoxy) is 2. The van der Waals surface area contributed by atoms with E-state index in [0.29, 0.717) is 21.4 Å². The van der Waals surface area contributed by atoms with E-state index in [1.54, 1.807) is 18.2 Å². The summed E-state index contributed by atoms with van der Waals surface area (Å²) in [7, 11) is 2.90. The minimum Gasteiger partial charge on any atom is -0.493 e. The fourth-order valence-electron chi connectivity index (χ4n) is 2.07. The molecule has 3 nitrogen and oxygen atoms in total. The van der Waals surface area contributed by atoms with Crippen LogP contribution in [0.15, 0.2) is 30.3 Å². The molecule has 0 aromatic heterocycles. The molecule has 0 spiro atoms. The van der Waals surface area contributed by atoms with Gasteiger partial charge in [-0.15, -0.1) is 0 Å². The quantitative estimate of drug-likeness (QED) is 0.914. The molecular formula is C15H14Cl2FNO2. The average molecular weight is 330 g/mol. The maximum Gasteiger partial charge on any atom is 0.163 e. The second-order valence-electron chi connectivity index (χ2n) is 4.34. The van der Waals surface area contributed by atoms with Crippen LogP contribution >= 0.6 is 23.2 Å². The molecule has 0 saturated heterocycles. The first-order valence-electron chi connectivity index (χ1n) is 6.10. The lowest BCUT2D eigenvalue weighted by molar-refractivity contribution is 0.351. The molecule has 0 saturated carbocycles. The summed E-state index contributed by atoms with van der Waals surface area (Å²) in [6.07, 6.45) is 0. The Labute approximate surface area is 132 Å². The number of nitrogens with two attached hydrogens (primary N) is 1. The zero-order valence-electron chi connectivity index (χ0n) is 11.5. The molecule has 0 aliphatic rings. The highest BCUT2D eigenvalue weighted by atomic mass is 35.5. The normalized spacial score (nSPS) is 12.1. The zero-order valence-corrected chi connectivity index (χ0v) is 13.0. The van der Waals surface area contributed by atoms with Crippen molar-refractivity contribution in [1.82, 2.24) is 0 Å². The van der Waals surface area contributed by atoms with Crippen LogP contribution in [-0.4, -0.2) is 14.2 Å². The van der Waals surface area contributed by atoms with E-state index in [1.807, 2.05) is 0 Å². The van der Waals surface area contributed by atoms with Crippen molar-refractivity contribution in [3.63, 3.8) is 0 Å². The second-order valence-corrected chi connectivity index (χ2v) is 5.16. The first kappa shape index (κ1) is 15.9. The topological polar surface area (TPSA) is 44.5 Å². The molecule has 0 fully saturated rings. The van der Waals surface area contributed by atoms with Crippen molar-refractivity contribution in [2.75, 3.05) is 14.2 Å². The summed E-state index contributed by atoms with van der Waals surface area (Å²) >= 11 is 12.2. The lowest BCUT2D eigenvalue weighted by Crippen LogP contribution is -2.15. The first-order chi connectivity index (χ1) is 9.99. The molecule has 2 rings (SSSR count). The van der Waals surface area contributed by atoms with Gasteiger partial charge in [-0.25, -0.2) is 4.39 Å². The van der Waals surface area contributed by atoms with Crippen molar-refractivity contribution in [3.05, 3.63) is 57.3 Å². The molecule has 2 N–H and O–H groups in total. The summed E-state index contributed by atoms with van der Waals surface area (Å²) in [4.78, 5) is 0. The van der Waals surface area contributed by atoms with Crippen LogP contribution < -0.4 is 15.2 Å². The summed E-state index contributed by atoms with van der Waals surface area (Å²) in [5, 5.41) is 0.758. The van der Waals surface area contributed by atoms with Crippen LogP contribution in [0.5, 0.6) is 11.5 Å². The largest absolute Gasteiger partial charge is 0.493 e. The van der Waals surface area contributed by atoms with Gasteiger partial charge in [0.15, 0.2) is 11.5 Å². The number of benzene rings is 2. The molecule has 1 unspecified atom stereocenters. The highest BCUT2D eigenvalue weighted by molar-refractivity contribution is 6.36.